The Morgan fingerprint density at radius 2 is 1.95 bits per heavy atom. The van der Waals surface area contributed by atoms with Crippen LogP contribution in [0.3, 0.4) is 0 Å². The largest absolute Gasteiger partial charge is 0.325 e. The number of nitrogens with one attached hydrogen (secondary N) is 2. The average Bonchev–Trinajstić information content (AvgIpc) is 2.85. The van der Waals surface area contributed by atoms with Crippen LogP contribution in [-0.4, -0.2) is 18.0 Å². The number of aryl methyl sites for hydroxylation is 1. The van der Waals surface area contributed by atoms with Gasteiger partial charge in [-0.25, -0.2) is 0 Å². The van der Waals surface area contributed by atoms with Crippen LogP contribution in [-0.2, 0) is 4.79 Å². The van der Waals surface area contributed by atoms with Gasteiger partial charge in [0.2, 0.25) is 5.91 Å². The first kappa shape index (κ1) is 12.7. The molecule has 0 aromatic heterocycles. The van der Waals surface area contributed by atoms with E-state index in [4.69, 9.17) is 0 Å². The molecule has 2 aliphatic rings. The molecule has 2 fully saturated rings. The van der Waals surface area contributed by atoms with Gasteiger partial charge >= 0.3 is 0 Å². The van der Waals surface area contributed by atoms with E-state index in [-0.39, 0.29) is 11.9 Å². The highest BCUT2D eigenvalue weighted by molar-refractivity contribution is 5.95. The molecule has 1 heterocycles. The van der Waals surface area contributed by atoms with E-state index in [2.05, 4.69) is 17.6 Å². The summed E-state index contributed by atoms with van der Waals surface area (Å²) >= 11 is 0. The molecular weight excluding hydrogens is 236 g/mol. The van der Waals surface area contributed by atoms with Gasteiger partial charge in [0.1, 0.15) is 0 Å². The van der Waals surface area contributed by atoms with Crippen LogP contribution in [0, 0.1) is 12.8 Å². The van der Waals surface area contributed by atoms with E-state index in [1.54, 1.807) is 0 Å². The first-order chi connectivity index (χ1) is 9.22. The quantitative estimate of drug-likeness (QED) is 0.856. The lowest BCUT2D eigenvalue weighted by Gasteiger charge is -2.24. The van der Waals surface area contributed by atoms with Crippen LogP contribution in [0.2, 0.25) is 0 Å². The topological polar surface area (TPSA) is 41.1 Å². The number of fused-ring (bicyclic) bond motifs is 1. The number of rotatable bonds is 2. The van der Waals surface area contributed by atoms with Crippen molar-refractivity contribution in [1.29, 1.82) is 0 Å². The summed E-state index contributed by atoms with van der Waals surface area (Å²) in [6.07, 6.45) is 6.16. The predicted molar refractivity (Wildman–Crippen MR) is 77.1 cm³/mol. The maximum atomic E-state index is 12.3. The molecule has 1 saturated heterocycles. The summed E-state index contributed by atoms with van der Waals surface area (Å²) in [5.74, 6) is 0.834. The zero-order valence-electron chi connectivity index (χ0n) is 11.5. The van der Waals surface area contributed by atoms with Crippen molar-refractivity contribution in [3.05, 3.63) is 29.8 Å². The minimum absolute atomic E-state index is 0.00518. The summed E-state index contributed by atoms with van der Waals surface area (Å²) in [6.45, 7) is 2.05. The second-order valence-corrected chi connectivity index (χ2v) is 5.96. The van der Waals surface area contributed by atoms with Gasteiger partial charge in [-0.1, -0.05) is 30.5 Å². The van der Waals surface area contributed by atoms with Gasteiger partial charge in [0.25, 0.3) is 0 Å². The predicted octanol–water partition coefficient (Wildman–Crippen LogP) is 2.85. The SMILES string of the molecule is Cc1ccc(NC(=O)[C@@H]2C[C@@H]3CCCC[C@@H]3N2)cc1. The smallest absolute Gasteiger partial charge is 0.241 e. The Morgan fingerprint density at radius 3 is 2.68 bits per heavy atom. The molecule has 1 saturated carbocycles. The summed E-state index contributed by atoms with van der Waals surface area (Å²) in [5.41, 5.74) is 2.11. The molecule has 3 nitrogen and oxygen atoms in total. The lowest BCUT2D eigenvalue weighted by Crippen LogP contribution is -2.39. The van der Waals surface area contributed by atoms with Crippen molar-refractivity contribution in [1.82, 2.24) is 5.32 Å². The lowest BCUT2D eigenvalue weighted by atomic mass is 9.85. The fraction of sp³-hybridized carbons (Fsp3) is 0.562. The summed E-state index contributed by atoms with van der Waals surface area (Å²) in [4.78, 5) is 12.3. The van der Waals surface area contributed by atoms with Gasteiger partial charge < -0.3 is 10.6 Å². The number of hydrogen-bond acceptors (Lipinski definition) is 2. The van der Waals surface area contributed by atoms with E-state index >= 15 is 0 Å². The van der Waals surface area contributed by atoms with Crippen LogP contribution in [0.25, 0.3) is 0 Å². The second-order valence-electron chi connectivity index (χ2n) is 5.96. The molecule has 19 heavy (non-hydrogen) atoms. The number of benzene rings is 1. The van der Waals surface area contributed by atoms with Crippen LogP contribution in [0.4, 0.5) is 5.69 Å². The van der Waals surface area contributed by atoms with Crippen molar-refractivity contribution in [3.8, 4) is 0 Å². The van der Waals surface area contributed by atoms with Crippen molar-refractivity contribution in [2.75, 3.05) is 5.32 Å². The van der Waals surface area contributed by atoms with Crippen LogP contribution < -0.4 is 10.6 Å². The highest BCUT2D eigenvalue weighted by Gasteiger charge is 2.38. The third-order valence-corrected chi connectivity index (χ3v) is 4.50. The van der Waals surface area contributed by atoms with Crippen molar-refractivity contribution in [2.24, 2.45) is 5.92 Å². The third-order valence-electron chi connectivity index (χ3n) is 4.50. The molecule has 0 spiro atoms. The zero-order valence-corrected chi connectivity index (χ0v) is 11.5. The Labute approximate surface area is 114 Å². The van der Waals surface area contributed by atoms with Gasteiger partial charge in [0.05, 0.1) is 6.04 Å². The molecule has 3 atom stereocenters. The van der Waals surface area contributed by atoms with Crippen molar-refractivity contribution in [3.63, 3.8) is 0 Å². The molecular formula is C16H22N2O. The molecule has 1 amide bonds. The summed E-state index contributed by atoms with van der Waals surface area (Å²) in [6, 6.07) is 8.55. The fourth-order valence-corrected chi connectivity index (χ4v) is 3.39. The normalized spacial score (nSPS) is 29.8. The molecule has 3 heteroatoms. The Morgan fingerprint density at radius 1 is 1.21 bits per heavy atom. The lowest BCUT2D eigenvalue weighted by molar-refractivity contribution is -0.117. The number of anilines is 1. The van der Waals surface area contributed by atoms with E-state index in [9.17, 15) is 4.79 Å². The Balaban J connectivity index is 1.60. The maximum Gasteiger partial charge on any atom is 0.241 e. The zero-order chi connectivity index (χ0) is 13.2. The van der Waals surface area contributed by atoms with Gasteiger partial charge in [-0.2, -0.15) is 0 Å². The van der Waals surface area contributed by atoms with Gasteiger partial charge in [-0.15, -0.1) is 0 Å². The van der Waals surface area contributed by atoms with E-state index in [0.29, 0.717) is 12.0 Å². The third kappa shape index (κ3) is 2.81. The number of hydrogen-bond donors (Lipinski definition) is 2. The van der Waals surface area contributed by atoms with Gasteiger partial charge in [0, 0.05) is 11.7 Å². The number of carbonyl (C=O) groups excluding carboxylic acids is 1. The van der Waals surface area contributed by atoms with Gasteiger partial charge in [0.15, 0.2) is 0 Å². The van der Waals surface area contributed by atoms with Crippen molar-refractivity contribution < 1.29 is 4.79 Å². The summed E-state index contributed by atoms with van der Waals surface area (Å²) in [5, 5.41) is 6.53. The van der Waals surface area contributed by atoms with Crippen molar-refractivity contribution >= 4 is 11.6 Å². The standard InChI is InChI=1S/C16H22N2O/c1-11-6-8-13(9-7-11)17-16(19)15-10-12-4-2-3-5-14(12)18-15/h6-9,12,14-15,18H,2-5,10H2,1H3,(H,17,19)/t12-,14-,15-/m0/s1. The molecule has 1 aliphatic carbocycles. The highest BCUT2D eigenvalue weighted by atomic mass is 16.2. The minimum atomic E-state index is -0.00518. The molecule has 0 unspecified atom stereocenters. The Hall–Kier alpha value is -1.35. The molecule has 1 aromatic carbocycles. The molecule has 2 N–H and O–H groups in total. The Kier molecular flexibility index (Phi) is 3.56. The number of amides is 1. The molecule has 3 rings (SSSR count). The van der Waals surface area contributed by atoms with Crippen LogP contribution >= 0.6 is 0 Å². The van der Waals surface area contributed by atoms with E-state index < -0.39 is 0 Å². The molecule has 0 bridgehead atoms. The van der Waals surface area contributed by atoms with E-state index in [1.165, 1.54) is 31.2 Å². The second kappa shape index (κ2) is 5.33. The van der Waals surface area contributed by atoms with Crippen LogP contribution in [0.15, 0.2) is 24.3 Å². The van der Waals surface area contributed by atoms with Crippen LogP contribution in [0.1, 0.15) is 37.7 Å². The van der Waals surface area contributed by atoms with Crippen LogP contribution in [0.5, 0.6) is 0 Å². The first-order valence-electron chi connectivity index (χ1n) is 7.36. The minimum Gasteiger partial charge on any atom is -0.325 e. The van der Waals surface area contributed by atoms with Crippen molar-refractivity contribution in [2.45, 2.75) is 51.1 Å². The molecule has 102 valence electrons. The average molecular weight is 258 g/mol. The van der Waals surface area contributed by atoms with Gasteiger partial charge in [-0.3, -0.25) is 4.79 Å². The Bertz CT molecular complexity index is 440. The number of carbonyl (C=O) groups is 1. The summed E-state index contributed by atoms with van der Waals surface area (Å²) < 4.78 is 0. The molecule has 1 aliphatic heterocycles. The summed E-state index contributed by atoms with van der Waals surface area (Å²) in [7, 11) is 0. The van der Waals surface area contributed by atoms with Gasteiger partial charge in [-0.05, 0) is 44.2 Å². The highest BCUT2D eigenvalue weighted by Crippen LogP contribution is 2.33. The maximum absolute atomic E-state index is 12.3. The molecule has 1 aromatic rings. The van der Waals surface area contributed by atoms with E-state index in [0.717, 1.165) is 12.1 Å². The van der Waals surface area contributed by atoms with E-state index in [1.807, 2.05) is 24.3 Å². The fourth-order valence-electron chi connectivity index (χ4n) is 3.39. The first-order valence-corrected chi connectivity index (χ1v) is 7.36. The monoisotopic (exact) mass is 258 g/mol. The molecule has 0 radical (unpaired) electrons.